The Bertz CT molecular complexity index is 829. The topological polar surface area (TPSA) is 29.5 Å². The fourth-order valence-electron chi connectivity index (χ4n) is 6.65. The molecule has 0 saturated heterocycles. The van der Waals surface area contributed by atoms with Crippen molar-refractivity contribution in [1.82, 2.24) is 0 Å². The fourth-order valence-corrected chi connectivity index (χ4v) is 6.65. The number of aryl methyl sites for hydroxylation is 1. The molecule has 2 nitrogen and oxygen atoms in total. The third-order valence-corrected chi connectivity index (χ3v) is 8.17. The lowest BCUT2D eigenvalue weighted by atomic mass is 9.53. The number of fused-ring (bicyclic) bond motifs is 5. The van der Waals surface area contributed by atoms with Gasteiger partial charge in [0.05, 0.1) is 0 Å². The van der Waals surface area contributed by atoms with Crippen LogP contribution in [0.3, 0.4) is 0 Å². The van der Waals surface area contributed by atoms with Gasteiger partial charge in [0.25, 0.3) is 0 Å². The van der Waals surface area contributed by atoms with Gasteiger partial charge in [0.15, 0.2) is 0 Å². The van der Waals surface area contributed by atoms with Gasteiger partial charge in [-0.3, -0.25) is 0 Å². The van der Waals surface area contributed by atoms with E-state index in [1.807, 2.05) is 18.2 Å². The van der Waals surface area contributed by atoms with Crippen molar-refractivity contribution in [2.75, 3.05) is 0 Å². The molecule has 0 spiro atoms. The maximum Gasteiger partial charge on any atom is 0.119 e. The normalized spacial score (nSPS) is 37.2. The minimum Gasteiger partial charge on any atom is -0.508 e. The highest BCUT2D eigenvalue weighted by Crippen LogP contribution is 2.63. The monoisotopic (exact) mass is 362 g/mol. The number of ether oxygens (including phenoxy) is 1. The lowest BCUT2D eigenvalue weighted by Crippen LogP contribution is -2.50. The van der Waals surface area contributed by atoms with Crippen molar-refractivity contribution in [3.63, 3.8) is 0 Å². The third kappa shape index (κ3) is 2.68. The quantitative estimate of drug-likeness (QED) is 0.716. The molecule has 5 rings (SSSR count). The maximum absolute atomic E-state index is 9.98. The summed E-state index contributed by atoms with van der Waals surface area (Å²) in [5.74, 6) is 4.08. The highest BCUT2D eigenvalue weighted by Gasteiger charge is 2.57. The Morgan fingerprint density at radius 3 is 2.67 bits per heavy atom. The molecule has 0 radical (unpaired) electrons. The molecule has 6 atom stereocenters. The minimum absolute atomic E-state index is 0.211. The van der Waals surface area contributed by atoms with Gasteiger partial charge in [-0.25, -0.2) is 0 Å². The van der Waals surface area contributed by atoms with Crippen molar-refractivity contribution in [1.29, 1.82) is 0 Å². The Morgan fingerprint density at radius 1 is 1.04 bits per heavy atom. The van der Waals surface area contributed by atoms with Crippen LogP contribution in [0.2, 0.25) is 0 Å². The van der Waals surface area contributed by atoms with E-state index < -0.39 is 0 Å². The lowest BCUT2D eigenvalue weighted by Gasteiger charge is -2.53. The molecule has 1 N–H and O–H groups in total. The van der Waals surface area contributed by atoms with E-state index in [4.69, 9.17) is 4.74 Å². The number of aromatic hydroxyl groups is 1. The van der Waals surface area contributed by atoms with Crippen LogP contribution in [-0.4, -0.2) is 11.2 Å². The second-order valence-electron chi connectivity index (χ2n) is 9.38. The summed E-state index contributed by atoms with van der Waals surface area (Å²) in [6.45, 7) is 4.98. The molecule has 2 fully saturated rings. The van der Waals surface area contributed by atoms with Crippen LogP contribution < -0.4 is 4.74 Å². The third-order valence-electron chi connectivity index (χ3n) is 8.17. The van der Waals surface area contributed by atoms with E-state index in [0.29, 0.717) is 23.0 Å². The van der Waals surface area contributed by atoms with Crippen molar-refractivity contribution in [3.05, 3.63) is 59.7 Å². The molecule has 3 aliphatic rings. The molecule has 0 heterocycles. The van der Waals surface area contributed by atoms with Crippen molar-refractivity contribution < 1.29 is 9.84 Å². The molecule has 142 valence electrons. The molecule has 0 bridgehead atoms. The molecular formula is C25H30O2. The predicted molar refractivity (Wildman–Crippen MR) is 108 cm³/mol. The van der Waals surface area contributed by atoms with Gasteiger partial charge in [-0.05, 0) is 90.7 Å². The van der Waals surface area contributed by atoms with Crippen molar-refractivity contribution in [3.8, 4) is 11.5 Å². The molecule has 27 heavy (non-hydrogen) atoms. The Morgan fingerprint density at radius 2 is 1.85 bits per heavy atom. The Hall–Kier alpha value is -1.96. The summed E-state index contributed by atoms with van der Waals surface area (Å²) in [4.78, 5) is 0. The predicted octanol–water partition coefficient (Wildman–Crippen LogP) is 5.94. The van der Waals surface area contributed by atoms with Gasteiger partial charge in [-0.2, -0.15) is 0 Å². The van der Waals surface area contributed by atoms with E-state index in [1.54, 1.807) is 0 Å². The summed E-state index contributed by atoms with van der Waals surface area (Å²) in [5.41, 5.74) is 3.13. The van der Waals surface area contributed by atoms with Gasteiger partial charge in [0.1, 0.15) is 17.6 Å². The first-order chi connectivity index (χ1) is 13.1. The van der Waals surface area contributed by atoms with Crippen LogP contribution in [0.1, 0.15) is 56.6 Å². The van der Waals surface area contributed by atoms with Gasteiger partial charge in [-0.15, -0.1) is 0 Å². The van der Waals surface area contributed by atoms with Crippen molar-refractivity contribution in [2.24, 2.45) is 23.2 Å². The number of hydrogen-bond donors (Lipinski definition) is 1. The SMILES string of the molecule is CC1CCC2C3CCc4cc(O)ccc4C3C(Oc3ccccc3)CC12C. The number of hydrogen-bond acceptors (Lipinski definition) is 2. The maximum atomic E-state index is 9.98. The lowest BCUT2D eigenvalue weighted by molar-refractivity contribution is -0.0412. The number of benzene rings is 2. The minimum atomic E-state index is 0.211. The van der Waals surface area contributed by atoms with Crippen molar-refractivity contribution in [2.45, 2.75) is 58.0 Å². The first-order valence-electron chi connectivity index (χ1n) is 10.6. The van der Waals surface area contributed by atoms with Crippen LogP contribution in [0, 0.1) is 23.2 Å². The number of para-hydroxylation sites is 1. The van der Waals surface area contributed by atoms with E-state index in [1.165, 1.54) is 30.4 Å². The molecule has 0 amide bonds. The van der Waals surface area contributed by atoms with Gasteiger partial charge < -0.3 is 9.84 Å². The molecule has 2 saturated carbocycles. The van der Waals surface area contributed by atoms with E-state index in [-0.39, 0.29) is 6.10 Å². The average molecular weight is 363 g/mol. The van der Waals surface area contributed by atoms with E-state index >= 15 is 0 Å². The zero-order chi connectivity index (χ0) is 18.6. The second kappa shape index (κ2) is 6.29. The highest BCUT2D eigenvalue weighted by atomic mass is 16.5. The van der Waals surface area contributed by atoms with Crippen LogP contribution in [0.15, 0.2) is 48.5 Å². The molecule has 2 heteroatoms. The standard InChI is InChI=1S/C25H30O2/c1-16-8-13-22-21-11-9-17-14-18(26)10-12-20(17)24(21)23(15-25(16,22)2)27-19-6-4-3-5-7-19/h3-7,10,12,14,16,21-24,26H,8-9,11,13,15H2,1-2H3. The number of phenols is 1. The highest BCUT2D eigenvalue weighted by molar-refractivity contribution is 5.41. The van der Waals surface area contributed by atoms with Crippen LogP contribution in [-0.2, 0) is 6.42 Å². The zero-order valence-corrected chi connectivity index (χ0v) is 16.4. The number of rotatable bonds is 2. The average Bonchev–Trinajstić information content (AvgIpc) is 2.96. The molecule has 0 aliphatic heterocycles. The van der Waals surface area contributed by atoms with E-state index in [0.717, 1.165) is 30.4 Å². The van der Waals surface area contributed by atoms with Crippen LogP contribution in [0.25, 0.3) is 0 Å². The van der Waals surface area contributed by atoms with E-state index in [2.05, 4.69) is 44.2 Å². The molecule has 3 aliphatic carbocycles. The summed E-state index contributed by atoms with van der Waals surface area (Å²) in [5, 5.41) is 9.98. The Balaban J connectivity index is 1.57. The van der Waals surface area contributed by atoms with Gasteiger partial charge in [0.2, 0.25) is 0 Å². The van der Waals surface area contributed by atoms with Gasteiger partial charge in [-0.1, -0.05) is 38.1 Å². The Kier molecular flexibility index (Phi) is 4.00. The number of phenolic OH excluding ortho intramolecular Hbond substituents is 1. The molecule has 0 aromatic heterocycles. The molecule has 6 unspecified atom stereocenters. The van der Waals surface area contributed by atoms with Crippen LogP contribution in [0.5, 0.6) is 11.5 Å². The largest absolute Gasteiger partial charge is 0.508 e. The fraction of sp³-hybridized carbons (Fsp3) is 0.520. The first-order valence-corrected chi connectivity index (χ1v) is 10.6. The van der Waals surface area contributed by atoms with Gasteiger partial charge >= 0.3 is 0 Å². The zero-order valence-electron chi connectivity index (χ0n) is 16.4. The summed E-state index contributed by atoms with van der Waals surface area (Å²) in [6, 6.07) is 16.4. The Labute approximate surface area is 162 Å². The summed E-state index contributed by atoms with van der Waals surface area (Å²) < 4.78 is 6.67. The summed E-state index contributed by atoms with van der Waals surface area (Å²) in [6.07, 6.45) is 6.37. The first kappa shape index (κ1) is 17.2. The van der Waals surface area contributed by atoms with Crippen LogP contribution in [0.4, 0.5) is 0 Å². The smallest absolute Gasteiger partial charge is 0.119 e. The van der Waals surface area contributed by atoms with Crippen LogP contribution >= 0.6 is 0 Å². The molecule has 2 aromatic rings. The summed E-state index contributed by atoms with van der Waals surface area (Å²) in [7, 11) is 0. The van der Waals surface area contributed by atoms with Crippen molar-refractivity contribution >= 4 is 0 Å². The van der Waals surface area contributed by atoms with E-state index in [9.17, 15) is 5.11 Å². The molecule has 2 aromatic carbocycles. The second-order valence-corrected chi connectivity index (χ2v) is 9.38. The van der Waals surface area contributed by atoms with Gasteiger partial charge in [0, 0.05) is 5.92 Å². The molecular weight excluding hydrogens is 332 g/mol. The summed E-state index contributed by atoms with van der Waals surface area (Å²) >= 11 is 0.